The number of rotatable bonds is 2. The van der Waals surface area contributed by atoms with Gasteiger partial charge in [-0.25, -0.2) is 0 Å². The van der Waals surface area contributed by atoms with E-state index in [0.29, 0.717) is 0 Å². The summed E-state index contributed by atoms with van der Waals surface area (Å²) >= 11 is 1.70. The third-order valence-corrected chi connectivity index (χ3v) is 3.48. The minimum Gasteiger partial charge on any atom is -0.396 e. The molecule has 0 saturated carbocycles. The van der Waals surface area contributed by atoms with Crippen LogP contribution < -0.4 is 0 Å². The van der Waals surface area contributed by atoms with Crippen LogP contribution in [0.15, 0.2) is 10.8 Å². The topological polar surface area (TPSA) is 40.5 Å². The molecule has 66 valence electrons. The van der Waals surface area contributed by atoms with E-state index < -0.39 is 0 Å². The minimum atomic E-state index is -0.265. The maximum absolute atomic E-state index is 9.15. The Labute approximate surface area is 75.5 Å². The van der Waals surface area contributed by atoms with Gasteiger partial charge in [0.05, 0.1) is 13.2 Å². The largest absolute Gasteiger partial charge is 0.396 e. The second-order valence-corrected chi connectivity index (χ2v) is 4.34. The van der Waals surface area contributed by atoms with Gasteiger partial charge < -0.3 is 10.2 Å². The molecule has 0 radical (unpaired) electrons. The number of aliphatic hydroxyl groups is 2. The molecule has 0 spiro atoms. The first-order valence-corrected chi connectivity index (χ1v) is 5.00. The predicted octanol–water partition coefficient (Wildman–Crippen LogP) is 0.818. The van der Waals surface area contributed by atoms with Gasteiger partial charge in [0.25, 0.3) is 0 Å². The molecule has 0 bridgehead atoms. The average molecular weight is 184 g/mol. The molecule has 0 amide bonds. The van der Waals surface area contributed by atoms with E-state index in [0.717, 1.165) is 12.8 Å². The summed E-state index contributed by atoms with van der Waals surface area (Å²) in [4.78, 5) is 0. The lowest BCUT2D eigenvalue weighted by Gasteiger charge is -2.23. The van der Waals surface area contributed by atoms with Gasteiger partial charge in [-0.2, -0.15) is 11.3 Å². The van der Waals surface area contributed by atoms with E-state index in [2.05, 4.69) is 10.8 Å². The van der Waals surface area contributed by atoms with Crippen LogP contribution in [0.3, 0.4) is 0 Å². The van der Waals surface area contributed by atoms with Gasteiger partial charge in [-0.3, -0.25) is 0 Å². The minimum absolute atomic E-state index is 0.0862. The van der Waals surface area contributed by atoms with Crippen molar-refractivity contribution in [2.45, 2.75) is 12.8 Å². The molecule has 1 aliphatic carbocycles. The quantitative estimate of drug-likeness (QED) is 0.714. The monoisotopic (exact) mass is 184 g/mol. The van der Waals surface area contributed by atoms with Gasteiger partial charge >= 0.3 is 0 Å². The second-order valence-electron chi connectivity index (χ2n) is 3.59. The van der Waals surface area contributed by atoms with Crippen LogP contribution >= 0.6 is 11.3 Å². The van der Waals surface area contributed by atoms with E-state index in [1.54, 1.807) is 11.3 Å². The van der Waals surface area contributed by atoms with Gasteiger partial charge in [-0.15, -0.1) is 0 Å². The molecule has 0 fully saturated rings. The summed E-state index contributed by atoms with van der Waals surface area (Å²) in [5, 5.41) is 22.5. The Kier molecular flexibility index (Phi) is 1.94. The molecule has 1 aromatic heterocycles. The summed E-state index contributed by atoms with van der Waals surface area (Å²) in [6, 6.07) is 0. The van der Waals surface area contributed by atoms with Crippen LogP contribution in [-0.2, 0) is 12.8 Å². The molecule has 1 heterocycles. The zero-order valence-corrected chi connectivity index (χ0v) is 7.60. The van der Waals surface area contributed by atoms with Crippen LogP contribution in [0.5, 0.6) is 0 Å². The van der Waals surface area contributed by atoms with Crippen molar-refractivity contribution in [3.8, 4) is 0 Å². The maximum Gasteiger partial charge on any atom is 0.0515 e. The zero-order valence-electron chi connectivity index (χ0n) is 6.79. The van der Waals surface area contributed by atoms with Crippen LogP contribution in [0.4, 0.5) is 0 Å². The first-order chi connectivity index (χ1) is 5.79. The molecule has 2 nitrogen and oxygen atoms in total. The van der Waals surface area contributed by atoms with Crippen molar-refractivity contribution in [2.24, 2.45) is 5.41 Å². The Balaban J connectivity index is 2.25. The summed E-state index contributed by atoms with van der Waals surface area (Å²) < 4.78 is 0. The summed E-state index contributed by atoms with van der Waals surface area (Å²) in [6.07, 6.45) is 1.66. The lowest BCUT2D eigenvalue weighted by Crippen LogP contribution is -2.30. The first-order valence-electron chi connectivity index (χ1n) is 4.05. The van der Waals surface area contributed by atoms with Crippen molar-refractivity contribution in [1.29, 1.82) is 0 Å². The smallest absolute Gasteiger partial charge is 0.0515 e. The Morgan fingerprint density at radius 3 is 2.08 bits per heavy atom. The fourth-order valence-corrected chi connectivity index (χ4v) is 2.67. The van der Waals surface area contributed by atoms with E-state index in [-0.39, 0.29) is 18.6 Å². The van der Waals surface area contributed by atoms with Gasteiger partial charge in [0.1, 0.15) is 0 Å². The van der Waals surface area contributed by atoms with E-state index in [9.17, 15) is 0 Å². The Hall–Kier alpha value is -0.380. The van der Waals surface area contributed by atoms with E-state index in [1.807, 2.05) is 0 Å². The molecule has 1 aromatic rings. The molecule has 1 aliphatic rings. The molecule has 2 rings (SSSR count). The second kappa shape index (κ2) is 2.83. The highest BCUT2D eigenvalue weighted by atomic mass is 32.1. The van der Waals surface area contributed by atoms with Crippen molar-refractivity contribution in [3.05, 3.63) is 21.9 Å². The number of hydrogen-bond donors (Lipinski definition) is 2. The van der Waals surface area contributed by atoms with Gasteiger partial charge in [-0.05, 0) is 34.7 Å². The van der Waals surface area contributed by atoms with Gasteiger partial charge in [0.2, 0.25) is 0 Å². The summed E-state index contributed by atoms with van der Waals surface area (Å²) in [5.41, 5.74) is 2.35. The van der Waals surface area contributed by atoms with Crippen LogP contribution in [0, 0.1) is 5.41 Å². The Bertz CT molecular complexity index is 253. The zero-order chi connectivity index (χ0) is 8.60. The first kappa shape index (κ1) is 8.23. The van der Waals surface area contributed by atoms with E-state index in [4.69, 9.17) is 10.2 Å². The molecule has 0 unspecified atom stereocenters. The summed E-state index contributed by atoms with van der Waals surface area (Å²) in [5.74, 6) is 0. The molecular formula is C9H12O2S. The maximum atomic E-state index is 9.15. The molecule has 0 atom stereocenters. The van der Waals surface area contributed by atoms with E-state index in [1.165, 1.54) is 11.1 Å². The lowest BCUT2D eigenvalue weighted by atomic mass is 9.87. The molecule has 12 heavy (non-hydrogen) atoms. The van der Waals surface area contributed by atoms with Crippen molar-refractivity contribution in [1.82, 2.24) is 0 Å². The predicted molar refractivity (Wildman–Crippen MR) is 48.3 cm³/mol. The average Bonchev–Trinajstić information content (AvgIpc) is 2.61. The van der Waals surface area contributed by atoms with Crippen molar-refractivity contribution in [2.75, 3.05) is 13.2 Å². The Morgan fingerprint density at radius 1 is 1.17 bits per heavy atom. The molecule has 2 N–H and O–H groups in total. The van der Waals surface area contributed by atoms with Crippen LogP contribution in [0.1, 0.15) is 11.1 Å². The summed E-state index contributed by atoms with van der Waals surface area (Å²) in [7, 11) is 0. The number of aliphatic hydroxyl groups excluding tert-OH is 2. The lowest BCUT2D eigenvalue weighted by molar-refractivity contribution is 0.0634. The number of fused-ring (bicyclic) bond motifs is 1. The third-order valence-electron chi connectivity index (χ3n) is 2.63. The molecule has 0 saturated heterocycles. The third kappa shape index (κ3) is 1.09. The highest BCUT2D eigenvalue weighted by Gasteiger charge is 2.36. The van der Waals surface area contributed by atoms with E-state index >= 15 is 0 Å². The van der Waals surface area contributed by atoms with Gasteiger partial charge in [0.15, 0.2) is 0 Å². The van der Waals surface area contributed by atoms with Crippen LogP contribution in [-0.4, -0.2) is 23.4 Å². The Morgan fingerprint density at radius 2 is 1.67 bits per heavy atom. The molecule has 0 aliphatic heterocycles. The highest BCUT2D eigenvalue weighted by molar-refractivity contribution is 7.08. The molecular weight excluding hydrogens is 172 g/mol. The van der Waals surface area contributed by atoms with Crippen molar-refractivity contribution >= 4 is 11.3 Å². The standard InChI is InChI=1S/C9H12O2S/c10-5-9(6-11)1-7-3-12-4-8(7)2-9/h3-4,10-11H,1-2,5-6H2. The van der Waals surface area contributed by atoms with Crippen LogP contribution in [0.2, 0.25) is 0 Å². The highest BCUT2D eigenvalue weighted by Crippen LogP contribution is 2.37. The number of thiophene rings is 1. The fraction of sp³-hybridized carbons (Fsp3) is 0.556. The normalized spacial score (nSPS) is 19.5. The molecule has 3 heteroatoms. The van der Waals surface area contributed by atoms with Crippen molar-refractivity contribution < 1.29 is 10.2 Å². The van der Waals surface area contributed by atoms with Crippen LogP contribution in [0.25, 0.3) is 0 Å². The van der Waals surface area contributed by atoms with Gasteiger partial charge in [-0.1, -0.05) is 0 Å². The molecule has 0 aromatic carbocycles. The number of hydrogen-bond acceptors (Lipinski definition) is 3. The van der Waals surface area contributed by atoms with Crippen molar-refractivity contribution in [3.63, 3.8) is 0 Å². The van der Waals surface area contributed by atoms with Gasteiger partial charge in [0, 0.05) is 5.41 Å². The fourth-order valence-electron chi connectivity index (χ4n) is 1.80. The SMILES string of the molecule is OCC1(CO)Cc2cscc2C1. The summed E-state index contributed by atoms with van der Waals surface area (Å²) in [6.45, 7) is 0.172.